The largest absolute Gasteiger partial charge is 0.383 e. The third-order valence-electron chi connectivity index (χ3n) is 4.76. The van der Waals surface area contributed by atoms with Gasteiger partial charge in [0.15, 0.2) is 5.82 Å². The molecule has 0 aliphatic carbocycles. The summed E-state index contributed by atoms with van der Waals surface area (Å²) in [7, 11) is 3.96. The number of halogens is 2. The fourth-order valence-corrected chi connectivity index (χ4v) is 3.66. The molecule has 0 atom stereocenters. The van der Waals surface area contributed by atoms with Gasteiger partial charge in [-0.25, -0.2) is 18.7 Å². The minimum atomic E-state index is -0.500. The minimum absolute atomic E-state index is 0.164. The maximum Gasteiger partial charge on any atom is 0.163 e. The first-order valence-corrected chi connectivity index (χ1v) is 11.2. The van der Waals surface area contributed by atoms with Crippen LogP contribution in [0, 0.1) is 17.0 Å². The zero-order chi connectivity index (χ0) is 24.0. The van der Waals surface area contributed by atoms with Gasteiger partial charge in [0.1, 0.15) is 23.3 Å². The molecule has 2 aromatic carbocycles. The fourth-order valence-electron chi connectivity index (χ4n) is 2.96. The van der Waals surface area contributed by atoms with E-state index in [-0.39, 0.29) is 10.7 Å². The van der Waals surface area contributed by atoms with Crippen LogP contribution in [0.4, 0.5) is 26.1 Å². The molecule has 1 heterocycles. The predicted molar refractivity (Wildman–Crippen MR) is 132 cm³/mol. The lowest BCUT2D eigenvalue weighted by Gasteiger charge is -2.16. The Balaban J connectivity index is 1.81. The van der Waals surface area contributed by atoms with E-state index in [0.29, 0.717) is 41.6 Å². The summed E-state index contributed by atoms with van der Waals surface area (Å²) in [6.07, 6.45) is 0.513. The van der Waals surface area contributed by atoms with Gasteiger partial charge in [-0.15, -0.1) is 0 Å². The summed E-state index contributed by atoms with van der Waals surface area (Å²) in [5.41, 5.74) is 8.54. The topological polar surface area (TPSA) is 103 Å². The second kappa shape index (κ2) is 11.1. The Bertz CT molecular complexity index is 1120. The normalized spacial score (nSPS) is 11.0. The van der Waals surface area contributed by atoms with Gasteiger partial charge < -0.3 is 26.1 Å². The Morgan fingerprint density at radius 1 is 1.12 bits per heavy atom. The van der Waals surface area contributed by atoms with Crippen molar-refractivity contribution in [1.29, 1.82) is 5.41 Å². The molecule has 0 bridgehead atoms. The van der Waals surface area contributed by atoms with Crippen molar-refractivity contribution in [3.05, 3.63) is 59.7 Å². The molecule has 0 fully saturated rings. The van der Waals surface area contributed by atoms with E-state index in [0.717, 1.165) is 42.3 Å². The summed E-state index contributed by atoms with van der Waals surface area (Å²) in [6.45, 7) is 3.32. The van der Waals surface area contributed by atoms with E-state index < -0.39 is 11.6 Å². The van der Waals surface area contributed by atoms with Crippen LogP contribution in [0.15, 0.2) is 47.4 Å². The maximum absolute atomic E-state index is 13.8. The number of aromatic nitrogens is 2. The van der Waals surface area contributed by atoms with Crippen LogP contribution in [0.3, 0.4) is 0 Å². The Morgan fingerprint density at radius 3 is 2.52 bits per heavy atom. The molecule has 0 radical (unpaired) electrons. The standard InChI is InChI=1S/C23H27F2N7S/c1-4-18(26)20-21(27)29-22(30-23(20)28-11-12-32(2)3)14-5-8-16(9-6-14)31-33-19-13-15(24)7-10-17(19)25/h5-10,13,26,31H,4,11-12H2,1-3H3,(H3,27,28,29,30). The lowest BCUT2D eigenvalue weighted by Crippen LogP contribution is -2.23. The van der Waals surface area contributed by atoms with Crippen LogP contribution in [0.25, 0.3) is 11.4 Å². The Morgan fingerprint density at radius 2 is 1.85 bits per heavy atom. The van der Waals surface area contributed by atoms with Crippen LogP contribution >= 0.6 is 11.9 Å². The van der Waals surface area contributed by atoms with Gasteiger partial charge in [0.05, 0.1) is 10.5 Å². The highest BCUT2D eigenvalue weighted by Gasteiger charge is 2.17. The summed E-state index contributed by atoms with van der Waals surface area (Å²) in [4.78, 5) is 11.3. The fraction of sp³-hybridized carbons (Fsp3) is 0.261. The number of rotatable bonds is 10. The highest BCUT2D eigenvalue weighted by atomic mass is 32.2. The molecule has 33 heavy (non-hydrogen) atoms. The third-order valence-corrected chi connectivity index (χ3v) is 5.63. The van der Waals surface area contributed by atoms with Crippen LogP contribution in [0.2, 0.25) is 0 Å². The van der Waals surface area contributed by atoms with Gasteiger partial charge >= 0.3 is 0 Å². The summed E-state index contributed by atoms with van der Waals surface area (Å²) in [5, 5.41) is 11.5. The smallest absolute Gasteiger partial charge is 0.163 e. The number of likely N-dealkylation sites (N-methyl/N-ethyl adjacent to an activating group) is 1. The molecule has 1 aromatic heterocycles. The molecule has 0 spiro atoms. The summed E-state index contributed by atoms with van der Waals surface area (Å²) >= 11 is 0.986. The van der Waals surface area contributed by atoms with Crippen molar-refractivity contribution in [1.82, 2.24) is 14.9 Å². The lowest BCUT2D eigenvalue weighted by atomic mass is 10.1. The highest BCUT2D eigenvalue weighted by molar-refractivity contribution is 8.00. The van der Waals surface area contributed by atoms with Crippen LogP contribution < -0.4 is 15.8 Å². The van der Waals surface area contributed by atoms with Crippen LogP contribution in [-0.2, 0) is 0 Å². The van der Waals surface area contributed by atoms with Crippen LogP contribution in [0.5, 0.6) is 0 Å². The molecule has 0 aliphatic heterocycles. The van der Waals surface area contributed by atoms with Crippen LogP contribution in [0.1, 0.15) is 18.9 Å². The molecule has 7 nitrogen and oxygen atoms in total. The van der Waals surface area contributed by atoms with E-state index in [1.54, 1.807) is 12.1 Å². The quantitative estimate of drug-likeness (QED) is 0.247. The molecule has 5 N–H and O–H groups in total. The second-order valence-electron chi connectivity index (χ2n) is 7.57. The number of nitrogen functional groups attached to an aromatic ring is 1. The molecule has 10 heteroatoms. The van der Waals surface area contributed by atoms with E-state index in [2.05, 4.69) is 20.0 Å². The molecule has 174 valence electrons. The first kappa shape index (κ1) is 24.4. The summed E-state index contributed by atoms with van der Waals surface area (Å²) in [6, 6.07) is 10.5. The molecule has 0 aliphatic rings. The van der Waals surface area contributed by atoms with Gasteiger partial charge in [0, 0.05) is 30.1 Å². The van der Waals surface area contributed by atoms with Crippen molar-refractivity contribution in [2.75, 3.05) is 43.0 Å². The first-order chi connectivity index (χ1) is 15.8. The van der Waals surface area contributed by atoms with Gasteiger partial charge in [-0.3, -0.25) is 0 Å². The number of benzene rings is 2. The predicted octanol–water partition coefficient (Wildman–Crippen LogP) is 4.87. The van der Waals surface area contributed by atoms with E-state index >= 15 is 0 Å². The molecular formula is C23H27F2N7S. The maximum atomic E-state index is 13.8. The zero-order valence-corrected chi connectivity index (χ0v) is 19.6. The molecule has 3 aromatic rings. The van der Waals surface area contributed by atoms with E-state index in [1.807, 2.05) is 38.1 Å². The Hall–Kier alpha value is -3.24. The van der Waals surface area contributed by atoms with Crippen molar-refractivity contribution >= 4 is 35.0 Å². The number of nitrogens with two attached hydrogens (primary N) is 1. The average Bonchev–Trinajstić information content (AvgIpc) is 2.79. The third kappa shape index (κ3) is 6.39. The first-order valence-electron chi connectivity index (χ1n) is 10.4. The Labute approximate surface area is 196 Å². The van der Waals surface area contributed by atoms with E-state index in [1.165, 1.54) is 0 Å². The van der Waals surface area contributed by atoms with E-state index in [9.17, 15) is 8.78 Å². The van der Waals surface area contributed by atoms with Gasteiger partial charge in [0.25, 0.3) is 0 Å². The number of hydrogen-bond donors (Lipinski definition) is 4. The van der Waals surface area contributed by atoms with E-state index in [4.69, 9.17) is 11.1 Å². The van der Waals surface area contributed by atoms with Crippen molar-refractivity contribution in [2.45, 2.75) is 18.2 Å². The molecule has 0 unspecified atom stereocenters. The van der Waals surface area contributed by atoms with Crippen LogP contribution in [-0.4, -0.2) is 47.8 Å². The van der Waals surface area contributed by atoms with Gasteiger partial charge in [-0.1, -0.05) is 6.92 Å². The zero-order valence-electron chi connectivity index (χ0n) is 18.7. The average molecular weight is 472 g/mol. The monoisotopic (exact) mass is 471 g/mol. The van der Waals surface area contributed by atoms with Gasteiger partial charge in [-0.05, 0) is 74.9 Å². The highest BCUT2D eigenvalue weighted by Crippen LogP contribution is 2.28. The number of nitrogens with one attached hydrogen (secondary N) is 3. The van der Waals surface area contributed by atoms with Gasteiger partial charge in [0.2, 0.25) is 0 Å². The molecule has 0 saturated carbocycles. The van der Waals surface area contributed by atoms with Crippen molar-refractivity contribution in [3.8, 4) is 11.4 Å². The molecule has 0 saturated heterocycles. The van der Waals surface area contributed by atoms with Crippen molar-refractivity contribution < 1.29 is 8.78 Å². The SMILES string of the molecule is CCC(=N)c1c(N)nc(-c2ccc(NSc3cc(F)ccc3F)cc2)nc1NCCN(C)C. The van der Waals surface area contributed by atoms with Gasteiger partial charge in [-0.2, -0.15) is 0 Å². The summed E-state index contributed by atoms with van der Waals surface area (Å²) < 4.78 is 30.1. The Kier molecular flexibility index (Phi) is 8.18. The molecular weight excluding hydrogens is 444 g/mol. The van der Waals surface area contributed by atoms with Crippen molar-refractivity contribution in [3.63, 3.8) is 0 Å². The molecule has 3 rings (SSSR count). The van der Waals surface area contributed by atoms with Crippen molar-refractivity contribution in [2.24, 2.45) is 0 Å². The lowest BCUT2D eigenvalue weighted by molar-refractivity contribution is 0.425. The summed E-state index contributed by atoms with van der Waals surface area (Å²) in [5.74, 6) is 0.216. The second-order valence-corrected chi connectivity index (χ2v) is 8.42. The number of nitrogens with zero attached hydrogens (tertiary/aromatic N) is 3. The number of hydrogen-bond acceptors (Lipinski definition) is 8. The minimum Gasteiger partial charge on any atom is -0.383 e. The molecule has 0 amide bonds. The number of anilines is 3.